The van der Waals surface area contributed by atoms with E-state index in [0.717, 1.165) is 28.3 Å². The van der Waals surface area contributed by atoms with Crippen molar-refractivity contribution < 1.29 is 23.9 Å². The van der Waals surface area contributed by atoms with Crippen molar-refractivity contribution >= 4 is 6.03 Å². The van der Waals surface area contributed by atoms with Crippen LogP contribution in [0.3, 0.4) is 0 Å². The number of ether oxygens (including phenoxy) is 2. The highest BCUT2D eigenvalue weighted by Crippen LogP contribution is 2.38. The van der Waals surface area contributed by atoms with E-state index in [2.05, 4.69) is 0 Å². The average Bonchev–Trinajstić information content (AvgIpc) is 3.29. The van der Waals surface area contributed by atoms with E-state index in [4.69, 9.17) is 18.9 Å². The number of carbonyl (C=O) groups is 1. The number of hydrogen-bond acceptors (Lipinski definition) is 6. The summed E-state index contributed by atoms with van der Waals surface area (Å²) in [5.41, 5.74) is 2.60. The molecule has 0 aliphatic carbocycles. The van der Waals surface area contributed by atoms with E-state index in [1.54, 1.807) is 19.1 Å². The molecule has 2 aromatic carbocycles. The molecule has 1 aliphatic heterocycles. The fourth-order valence-electron chi connectivity index (χ4n) is 3.92. The van der Waals surface area contributed by atoms with E-state index < -0.39 is 6.03 Å². The number of rotatable bonds is 5. The number of likely N-dealkylation sites (tertiary alicyclic amines) is 1. The zero-order valence-corrected chi connectivity index (χ0v) is 18.4. The molecule has 0 bridgehead atoms. The normalized spacial score (nSPS) is 14.3. The Morgan fingerprint density at radius 1 is 1.00 bits per heavy atom. The van der Waals surface area contributed by atoms with Gasteiger partial charge in [0.05, 0.1) is 14.2 Å². The standard InChI is InChI=1S/C24H27N3O5/c1-26(29)24(28)27-14-12-18(13-15-27)23-25-21(16-4-8-19(30-2)9-5-16)22(32-23)17-6-10-20(31-3)11-7-17/h4-11,18,29H,12-15H2,1-3H3. The summed E-state index contributed by atoms with van der Waals surface area (Å²) in [6.07, 6.45) is 1.42. The van der Waals surface area contributed by atoms with Crippen molar-refractivity contribution in [3.8, 4) is 34.1 Å². The van der Waals surface area contributed by atoms with Gasteiger partial charge in [-0.3, -0.25) is 5.21 Å². The first-order chi connectivity index (χ1) is 15.5. The van der Waals surface area contributed by atoms with Crippen molar-refractivity contribution in [2.75, 3.05) is 34.4 Å². The number of benzene rings is 2. The molecule has 0 radical (unpaired) electrons. The zero-order chi connectivity index (χ0) is 22.7. The summed E-state index contributed by atoms with van der Waals surface area (Å²) in [5.74, 6) is 2.99. The van der Waals surface area contributed by atoms with Crippen LogP contribution in [0.25, 0.3) is 22.6 Å². The number of methoxy groups -OCH3 is 2. The number of oxazole rings is 1. The van der Waals surface area contributed by atoms with Gasteiger partial charge in [-0.2, -0.15) is 0 Å². The lowest BCUT2D eigenvalue weighted by Crippen LogP contribution is -2.43. The van der Waals surface area contributed by atoms with Crippen LogP contribution in [0.4, 0.5) is 4.79 Å². The second kappa shape index (κ2) is 9.32. The maximum Gasteiger partial charge on any atom is 0.343 e. The van der Waals surface area contributed by atoms with Crippen molar-refractivity contribution in [1.82, 2.24) is 14.9 Å². The molecule has 1 aromatic heterocycles. The van der Waals surface area contributed by atoms with Gasteiger partial charge in [0.15, 0.2) is 11.7 Å². The molecule has 0 spiro atoms. The molecule has 8 heteroatoms. The third-order valence-corrected chi connectivity index (χ3v) is 5.75. The molecule has 1 fully saturated rings. The van der Waals surface area contributed by atoms with E-state index in [1.807, 2.05) is 48.5 Å². The lowest BCUT2D eigenvalue weighted by Gasteiger charge is -2.31. The summed E-state index contributed by atoms with van der Waals surface area (Å²) in [6.45, 7) is 1.07. The molecule has 0 atom stereocenters. The van der Waals surface area contributed by atoms with Gasteiger partial charge in [-0.15, -0.1) is 0 Å². The van der Waals surface area contributed by atoms with Crippen LogP contribution in [-0.4, -0.2) is 60.5 Å². The molecule has 0 unspecified atom stereocenters. The van der Waals surface area contributed by atoms with E-state index in [0.29, 0.717) is 42.6 Å². The largest absolute Gasteiger partial charge is 0.497 e. The Morgan fingerprint density at radius 2 is 1.53 bits per heavy atom. The number of hydroxylamine groups is 2. The maximum absolute atomic E-state index is 12.0. The fraction of sp³-hybridized carbons (Fsp3) is 0.333. The van der Waals surface area contributed by atoms with Crippen LogP contribution >= 0.6 is 0 Å². The van der Waals surface area contributed by atoms with Gasteiger partial charge in [0.1, 0.15) is 17.2 Å². The number of carbonyl (C=O) groups excluding carboxylic acids is 1. The zero-order valence-electron chi connectivity index (χ0n) is 18.4. The molecule has 1 saturated heterocycles. The number of aromatic nitrogens is 1. The highest BCUT2D eigenvalue weighted by molar-refractivity contribution is 5.77. The molecule has 8 nitrogen and oxygen atoms in total. The molecule has 2 amide bonds. The van der Waals surface area contributed by atoms with Gasteiger partial charge < -0.3 is 18.8 Å². The average molecular weight is 437 g/mol. The molecule has 3 aromatic rings. The van der Waals surface area contributed by atoms with Crippen molar-refractivity contribution in [1.29, 1.82) is 0 Å². The van der Waals surface area contributed by atoms with Crippen molar-refractivity contribution in [3.63, 3.8) is 0 Å². The Morgan fingerprint density at radius 3 is 2.03 bits per heavy atom. The third kappa shape index (κ3) is 4.40. The molecule has 2 heterocycles. The highest BCUT2D eigenvalue weighted by Gasteiger charge is 2.29. The molecule has 1 aliphatic rings. The van der Waals surface area contributed by atoms with Crippen LogP contribution in [0, 0.1) is 0 Å². The first kappa shape index (κ1) is 21.7. The number of amides is 2. The Bertz CT molecular complexity index is 987. The smallest absolute Gasteiger partial charge is 0.343 e. The number of urea groups is 1. The van der Waals surface area contributed by atoms with E-state index in [9.17, 15) is 10.0 Å². The Balaban J connectivity index is 1.65. The van der Waals surface area contributed by atoms with Gasteiger partial charge in [0.25, 0.3) is 0 Å². The van der Waals surface area contributed by atoms with Gasteiger partial charge in [-0.05, 0) is 61.4 Å². The second-order valence-electron chi connectivity index (χ2n) is 7.75. The van der Waals surface area contributed by atoms with Crippen molar-refractivity contribution in [2.24, 2.45) is 0 Å². The molecule has 1 N–H and O–H groups in total. The molecule has 0 saturated carbocycles. The van der Waals surface area contributed by atoms with Crippen LogP contribution < -0.4 is 9.47 Å². The minimum Gasteiger partial charge on any atom is -0.497 e. The summed E-state index contributed by atoms with van der Waals surface area (Å²) in [4.78, 5) is 18.5. The Labute approximate surface area is 186 Å². The van der Waals surface area contributed by atoms with Crippen LogP contribution in [0.1, 0.15) is 24.7 Å². The van der Waals surface area contributed by atoms with E-state index in [-0.39, 0.29) is 5.92 Å². The predicted octanol–water partition coefficient (Wildman–Crippen LogP) is 4.65. The molecule has 4 rings (SSSR count). The SMILES string of the molecule is COc1ccc(-c2nc(C3CCN(C(=O)N(C)O)CC3)oc2-c2ccc(OC)cc2)cc1. The minimum atomic E-state index is -0.395. The van der Waals surface area contributed by atoms with Crippen molar-refractivity contribution in [3.05, 3.63) is 54.4 Å². The first-order valence-corrected chi connectivity index (χ1v) is 10.5. The maximum atomic E-state index is 12.0. The summed E-state index contributed by atoms with van der Waals surface area (Å²) in [5, 5.41) is 10.0. The van der Waals surface area contributed by atoms with Gasteiger partial charge in [-0.25, -0.2) is 14.8 Å². The quantitative estimate of drug-likeness (QED) is 0.462. The summed E-state index contributed by atoms with van der Waals surface area (Å²) in [7, 11) is 4.61. The molecular weight excluding hydrogens is 410 g/mol. The van der Waals surface area contributed by atoms with Gasteiger partial charge >= 0.3 is 6.03 Å². The van der Waals surface area contributed by atoms with Crippen LogP contribution in [0.15, 0.2) is 52.9 Å². The molecule has 32 heavy (non-hydrogen) atoms. The van der Waals surface area contributed by atoms with Crippen molar-refractivity contribution in [2.45, 2.75) is 18.8 Å². The van der Waals surface area contributed by atoms with Gasteiger partial charge in [-0.1, -0.05) is 0 Å². The number of hydrogen-bond donors (Lipinski definition) is 1. The Hall–Kier alpha value is -3.52. The van der Waals surface area contributed by atoms with Crippen LogP contribution in [-0.2, 0) is 0 Å². The van der Waals surface area contributed by atoms with Gasteiger partial charge in [0, 0.05) is 37.2 Å². The first-order valence-electron chi connectivity index (χ1n) is 10.5. The summed E-state index contributed by atoms with van der Waals surface area (Å²) in [6, 6.07) is 15.0. The monoisotopic (exact) mass is 437 g/mol. The summed E-state index contributed by atoms with van der Waals surface area (Å²) >= 11 is 0. The fourth-order valence-corrected chi connectivity index (χ4v) is 3.92. The van der Waals surface area contributed by atoms with Gasteiger partial charge in [0.2, 0.25) is 0 Å². The van der Waals surface area contributed by atoms with Crippen LogP contribution in [0.5, 0.6) is 11.5 Å². The number of piperidine rings is 1. The highest BCUT2D eigenvalue weighted by atomic mass is 16.5. The Kier molecular flexibility index (Phi) is 6.32. The minimum absolute atomic E-state index is 0.0899. The third-order valence-electron chi connectivity index (χ3n) is 5.75. The van der Waals surface area contributed by atoms with Crippen LogP contribution in [0.2, 0.25) is 0 Å². The lowest BCUT2D eigenvalue weighted by molar-refractivity contribution is -0.0358. The van der Waals surface area contributed by atoms with E-state index >= 15 is 0 Å². The molecule has 168 valence electrons. The second-order valence-corrected chi connectivity index (χ2v) is 7.75. The molecular formula is C24H27N3O5. The lowest BCUT2D eigenvalue weighted by atomic mass is 9.97. The summed E-state index contributed by atoms with van der Waals surface area (Å²) < 4.78 is 16.9. The topological polar surface area (TPSA) is 88.3 Å². The van der Waals surface area contributed by atoms with E-state index in [1.165, 1.54) is 7.05 Å². The predicted molar refractivity (Wildman–Crippen MR) is 119 cm³/mol. The number of nitrogens with zero attached hydrogens (tertiary/aromatic N) is 3.